The molecule has 0 aromatic heterocycles. The van der Waals surface area contributed by atoms with Gasteiger partial charge < -0.3 is 5.11 Å². The molecule has 0 aliphatic rings. The molecule has 0 saturated heterocycles. The summed E-state index contributed by atoms with van der Waals surface area (Å²) in [5, 5.41) is 19.1. The van der Waals surface area contributed by atoms with Crippen LogP contribution in [0.2, 0.25) is 0 Å². The maximum atomic E-state index is 10.3. The third kappa shape index (κ3) is 2.50. The zero-order chi connectivity index (χ0) is 9.84. The van der Waals surface area contributed by atoms with Gasteiger partial charge in [-0.05, 0) is 5.56 Å². The molecule has 0 aliphatic heterocycles. The van der Waals surface area contributed by atoms with Crippen LogP contribution in [-0.4, -0.2) is 16.6 Å². The van der Waals surface area contributed by atoms with Crippen molar-refractivity contribution in [1.29, 1.82) is 0 Å². The van der Waals surface area contributed by atoms with Crippen LogP contribution in [0.4, 0.5) is 5.69 Å². The number of nitro groups is 1. The van der Waals surface area contributed by atoms with E-state index in [-0.39, 0.29) is 17.1 Å². The van der Waals surface area contributed by atoms with Crippen molar-refractivity contribution in [2.45, 2.75) is 4.83 Å². The number of nitrogens with zero attached hydrogens (tertiary/aromatic N) is 1. The van der Waals surface area contributed by atoms with Gasteiger partial charge in [0, 0.05) is 12.1 Å². The largest absolute Gasteiger partial charge is 0.395 e. The van der Waals surface area contributed by atoms with Crippen molar-refractivity contribution >= 4 is 21.6 Å². The molecule has 1 rings (SSSR count). The van der Waals surface area contributed by atoms with Gasteiger partial charge in [-0.3, -0.25) is 10.1 Å². The van der Waals surface area contributed by atoms with E-state index in [9.17, 15) is 10.1 Å². The number of nitro benzene ring substituents is 1. The molecule has 70 valence electrons. The van der Waals surface area contributed by atoms with Crippen molar-refractivity contribution in [1.82, 2.24) is 0 Å². The van der Waals surface area contributed by atoms with E-state index in [1.54, 1.807) is 12.1 Å². The van der Waals surface area contributed by atoms with Crippen LogP contribution < -0.4 is 0 Å². The zero-order valence-electron chi connectivity index (χ0n) is 6.68. The molecular formula is C8H8BrNO3. The molecule has 5 heteroatoms. The van der Waals surface area contributed by atoms with Crippen molar-refractivity contribution < 1.29 is 10.0 Å². The molecular weight excluding hydrogens is 238 g/mol. The highest BCUT2D eigenvalue weighted by molar-refractivity contribution is 9.09. The molecule has 13 heavy (non-hydrogen) atoms. The van der Waals surface area contributed by atoms with Gasteiger partial charge >= 0.3 is 0 Å². The third-order valence-corrected chi connectivity index (χ3v) is 2.44. The van der Waals surface area contributed by atoms with E-state index in [0.717, 1.165) is 5.56 Å². The topological polar surface area (TPSA) is 63.4 Å². The van der Waals surface area contributed by atoms with Crippen molar-refractivity contribution in [2.24, 2.45) is 0 Å². The lowest BCUT2D eigenvalue weighted by Gasteiger charge is -2.04. The summed E-state index contributed by atoms with van der Waals surface area (Å²) in [6.45, 7) is -0.0299. The Morgan fingerprint density at radius 3 is 2.38 bits per heavy atom. The second-order valence-corrected chi connectivity index (χ2v) is 3.60. The molecule has 0 heterocycles. The minimum Gasteiger partial charge on any atom is -0.395 e. The molecule has 4 nitrogen and oxygen atoms in total. The molecule has 1 atom stereocenters. The number of non-ortho nitro benzene ring substituents is 1. The quantitative estimate of drug-likeness (QED) is 0.504. The summed E-state index contributed by atoms with van der Waals surface area (Å²) < 4.78 is 0. The smallest absolute Gasteiger partial charge is 0.269 e. The second kappa shape index (κ2) is 4.34. The summed E-state index contributed by atoms with van der Waals surface area (Å²) in [7, 11) is 0. The van der Waals surface area contributed by atoms with Crippen LogP contribution in [0.1, 0.15) is 10.4 Å². The number of alkyl halides is 1. The fraction of sp³-hybridized carbons (Fsp3) is 0.250. The molecule has 1 N–H and O–H groups in total. The lowest BCUT2D eigenvalue weighted by Crippen LogP contribution is -1.95. The normalized spacial score (nSPS) is 12.5. The van der Waals surface area contributed by atoms with Crippen molar-refractivity contribution in [3.8, 4) is 0 Å². The molecule has 0 bridgehead atoms. The van der Waals surface area contributed by atoms with Gasteiger partial charge in [-0.25, -0.2) is 0 Å². The molecule has 0 fully saturated rings. The van der Waals surface area contributed by atoms with Crippen LogP contribution in [0.3, 0.4) is 0 Å². The van der Waals surface area contributed by atoms with E-state index in [0.29, 0.717) is 0 Å². The summed E-state index contributed by atoms with van der Waals surface area (Å²) in [6, 6.07) is 6.07. The van der Waals surface area contributed by atoms with Gasteiger partial charge in [0.25, 0.3) is 5.69 Å². The number of hydrogen-bond donors (Lipinski definition) is 1. The molecule has 0 radical (unpaired) electrons. The van der Waals surface area contributed by atoms with E-state index in [2.05, 4.69) is 15.9 Å². The van der Waals surface area contributed by atoms with Gasteiger partial charge in [-0.1, -0.05) is 28.1 Å². The first-order chi connectivity index (χ1) is 6.15. The zero-order valence-corrected chi connectivity index (χ0v) is 8.27. The van der Waals surface area contributed by atoms with Gasteiger partial charge in [-0.2, -0.15) is 0 Å². The van der Waals surface area contributed by atoms with Crippen LogP contribution in [0, 0.1) is 10.1 Å². The Morgan fingerprint density at radius 2 is 2.00 bits per heavy atom. The minimum absolute atomic E-state index is 0.0299. The van der Waals surface area contributed by atoms with Gasteiger partial charge in [0.05, 0.1) is 16.4 Å². The predicted octanol–water partition coefficient (Wildman–Crippen LogP) is 2.02. The molecule has 0 spiro atoms. The average molecular weight is 246 g/mol. The number of benzene rings is 1. The van der Waals surface area contributed by atoms with Gasteiger partial charge in [0.2, 0.25) is 0 Å². The first kappa shape index (κ1) is 10.1. The Kier molecular flexibility index (Phi) is 3.39. The number of aliphatic hydroxyl groups is 1. The average Bonchev–Trinajstić information content (AvgIpc) is 2.17. The van der Waals surface area contributed by atoms with Crippen LogP contribution in [-0.2, 0) is 0 Å². The van der Waals surface area contributed by atoms with E-state index in [1.807, 2.05) is 0 Å². The van der Waals surface area contributed by atoms with Crippen LogP contribution in [0.15, 0.2) is 24.3 Å². The van der Waals surface area contributed by atoms with Crippen molar-refractivity contribution in [3.05, 3.63) is 39.9 Å². The predicted molar refractivity (Wildman–Crippen MR) is 51.9 cm³/mol. The number of rotatable bonds is 3. The fourth-order valence-electron chi connectivity index (χ4n) is 0.910. The molecule has 1 aromatic carbocycles. The second-order valence-electron chi connectivity index (χ2n) is 2.50. The highest BCUT2D eigenvalue weighted by Gasteiger charge is 2.08. The molecule has 0 unspecified atom stereocenters. The van der Waals surface area contributed by atoms with E-state index in [1.165, 1.54) is 12.1 Å². The monoisotopic (exact) mass is 245 g/mol. The Morgan fingerprint density at radius 1 is 1.46 bits per heavy atom. The molecule has 0 saturated carbocycles. The number of halogens is 1. The van der Waals surface area contributed by atoms with Crippen molar-refractivity contribution in [3.63, 3.8) is 0 Å². The standard InChI is InChI=1S/C8H8BrNO3/c9-8(5-11)6-1-3-7(4-2-6)10(12)13/h1-4,8,11H,5H2/t8-/m1/s1. The first-order valence-electron chi connectivity index (χ1n) is 3.64. The molecule has 0 amide bonds. The highest BCUT2D eigenvalue weighted by Crippen LogP contribution is 2.23. The summed E-state index contributed by atoms with van der Waals surface area (Å²) in [5.74, 6) is 0. The minimum atomic E-state index is -0.452. The Balaban J connectivity index is 2.87. The third-order valence-electron chi connectivity index (χ3n) is 1.63. The van der Waals surface area contributed by atoms with E-state index < -0.39 is 4.92 Å². The summed E-state index contributed by atoms with van der Waals surface area (Å²) in [5.41, 5.74) is 0.884. The van der Waals surface area contributed by atoms with Gasteiger partial charge in [0.1, 0.15) is 0 Å². The van der Waals surface area contributed by atoms with Gasteiger partial charge in [-0.15, -0.1) is 0 Å². The van der Waals surface area contributed by atoms with Crippen LogP contribution in [0.5, 0.6) is 0 Å². The lowest BCUT2D eigenvalue weighted by atomic mass is 10.1. The molecule has 1 aromatic rings. The summed E-state index contributed by atoms with van der Waals surface area (Å²) in [6.07, 6.45) is 0. The maximum Gasteiger partial charge on any atom is 0.269 e. The summed E-state index contributed by atoms with van der Waals surface area (Å²) in [4.78, 5) is 9.68. The SMILES string of the molecule is O=[N+]([O-])c1ccc([C@H](Br)CO)cc1. The Hall–Kier alpha value is -0.940. The maximum absolute atomic E-state index is 10.3. The van der Waals surface area contributed by atoms with E-state index in [4.69, 9.17) is 5.11 Å². The lowest BCUT2D eigenvalue weighted by molar-refractivity contribution is -0.384. The summed E-state index contributed by atoms with van der Waals surface area (Å²) >= 11 is 3.23. The van der Waals surface area contributed by atoms with Crippen LogP contribution in [0.25, 0.3) is 0 Å². The van der Waals surface area contributed by atoms with Crippen LogP contribution >= 0.6 is 15.9 Å². The fourth-order valence-corrected chi connectivity index (χ4v) is 1.22. The number of aliphatic hydroxyl groups excluding tert-OH is 1. The van der Waals surface area contributed by atoms with Crippen molar-refractivity contribution in [2.75, 3.05) is 6.61 Å². The Bertz CT molecular complexity index is 299. The van der Waals surface area contributed by atoms with E-state index >= 15 is 0 Å². The first-order valence-corrected chi connectivity index (χ1v) is 4.56. The number of hydrogen-bond acceptors (Lipinski definition) is 3. The van der Waals surface area contributed by atoms with Gasteiger partial charge in [0.15, 0.2) is 0 Å². The Labute approximate surface area is 83.5 Å². The molecule has 0 aliphatic carbocycles. The highest BCUT2D eigenvalue weighted by atomic mass is 79.9.